The molecule has 0 aliphatic carbocycles. The Bertz CT molecular complexity index is 499. The van der Waals surface area contributed by atoms with E-state index in [2.05, 4.69) is 27.3 Å². The topological polar surface area (TPSA) is 48.5 Å². The Labute approximate surface area is 142 Å². The van der Waals surface area contributed by atoms with Crippen molar-refractivity contribution in [3.8, 4) is 0 Å². The van der Waals surface area contributed by atoms with Crippen LogP contribution >= 0.6 is 11.8 Å². The van der Waals surface area contributed by atoms with Gasteiger partial charge in [-0.05, 0) is 42.7 Å². The molecular weight excluding hydrogens is 308 g/mol. The number of carbonyl (C=O) groups excluding carboxylic acids is 1. The Morgan fingerprint density at radius 2 is 2.09 bits per heavy atom. The molecular formula is C17H26N4OS. The molecule has 2 saturated heterocycles. The van der Waals surface area contributed by atoms with Gasteiger partial charge in [0.05, 0.1) is 0 Å². The van der Waals surface area contributed by atoms with Gasteiger partial charge in [-0.1, -0.05) is 0 Å². The summed E-state index contributed by atoms with van der Waals surface area (Å²) in [5, 5.41) is 3.22. The molecule has 2 fully saturated rings. The summed E-state index contributed by atoms with van der Waals surface area (Å²) in [5.74, 6) is 2.25. The lowest BCUT2D eigenvalue weighted by Gasteiger charge is -2.34. The maximum absolute atomic E-state index is 12.4. The SMILES string of the molecule is CN(C(=O)NC1CCN(Cc2ccncc2)CC1)[C@H]1CCSC1. The number of rotatable bonds is 4. The molecule has 5 nitrogen and oxygen atoms in total. The summed E-state index contributed by atoms with van der Waals surface area (Å²) in [4.78, 5) is 20.8. The van der Waals surface area contributed by atoms with Crippen molar-refractivity contribution in [1.29, 1.82) is 0 Å². The standard InChI is InChI=1S/C17H26N4OS/c1-20(16-6-11-23-13-16)17(22)19-15-4-9-21(10-5-15)12-14-2-7-18-8-3-14/h2-3,7-8,15-16H,4-6,9-13H2,1H3,(H,19,22)/t16-/m0/s1. The molecule has 2 aliphatic rings. The summed E-state index contributed by atoms with van der Waals surface area (Å²) in [6.07, 6.45) is 6.88. The Morgan fingerprint density at radius 3 is 2.74 bits per heavy atom. The largest absolute Gasteiger partial charge is 0.335 e. The zero-order chi connectivity index (χ0) is 16.1. The number of carbonyl (C=O) groups is 1. The van der Waals surface area contributed by atoms with Crippen LogP contribution in [0.3, 0.4) is 0 Å². The van der Waals surface area contributed by atoms with Crippen LogP contribution in [0.2, 0.25) is 0 Å². The number of nitrogens with zero attached hydrogens (tertiary/aromatic N) is 3. The normalized spacial score (nSPS) is 22.9. The third-order valence-corrected chi connectivity index (χ3v) is 5.99. The monoisotopic (exact) mass is 334 g/mol. The van der Waals surface area contributed by atoms with Gasteiger partial charge in [-0.3, -0.25) is 9.88 Å². The lowest BCUT2D eigenvalue weighted by Crippen LogP contribution is -2.50. The van der Waals surface area contributed by atoms with Crippen molar-refractivity contribution >= 4 is 17.8 Å². The molecule has 3 heterocycles. The number of hydrogen-bond acceptors (Lipinski definition) is 4. The molecule has 1 aromatic heterocycles. The van der Waals surface area contributed by atoms with E-state index in [1.54, 1.807) is 0 Å². The minimum Gasteiger partial charge on any atom is -0.335 e. The molecule has 0 aromatic carbocycles. The van der Waals surface area contributed by atoms with Gasteiger partial charge in [0.2, 0.25) is 0 Å². The van der Waals surface area contributed by atoms with Crippen molar-refractivity contribution in [3.05, 3.63) is 30.1 Å². The number of pyridine rings is 1. The van der Waals surface area contributed by atoms with Gasteiger partial charge in [0.25, 0.3) is 0 Å². The molecule has 1 atom stereocenters. The Morgan fingerprint density at radius 1 is 1.35 bits per heavy atom. The van der Waals surface area contributed by atoms with Crippen LogP contribution in [0.5, 0.6) is 0 Å². The van der Waals surface area contributed by atoms with Crippen LogP contribution in [0.15, 0.2) is 24.5 Å². The van der Waals surface area contributed by atoms with Crippen molar-refractivity contribution < 1.29 is 4.79 Å². The van der Waals surface area contributed by atoms with Gasteiger partial charge >= 0.3 is 6.03 Å². The first-order valence-corrected chi connectivity index (χ1v) is 9.60. The zero-order valence-corrected chi connectivity index (χ0v) is 14.6. The van der Waals surface area contributed by atoms with Crippen LogP contribution in [0.4, 0.5) is 4.79 Å². The highest BCUT2D eigenvalue weighted by Crippen LogP contribution is 2.21. The van der Waals surface area contributed by atoms with E-state index >= 15 is 0 Å². The Hall–Kier alpha value is -1.27. The van der Waals surface area contributed by atoms with E-state index in [1.165, 1.54) is 11.3 Å². The minimum absolute atomic E-state index is 0.102. The maximum Gasteiger partial charge on any atom is 0.317 e. The molecule has 126 valence electrons. The highest BCUT2D eigenvalue weighted by Gasteiger charge is 2.26. The quantitative estimate of drug-likeness (QED) is 0.917. The lowest BCUT2D eigenvalue weighted by molar-refractivity contribution is 0.167. The van der Waals surface area contributed by atoms with Crippen LogP contribution in [0.1, 0.15) is 24.8 Å². The van der Waals surface area contributed by atoms with Crippen LogP contribution in [-0.4, -0.2) is 64.5 Å². The first-order valence-electron chi connectivity index (χ1n) is 8.44. The Kier molecular flexibility index (Phi) is 5.78. The highest BCUT2D eigenvalue weighted by atomic mass is 32.2. The number of piperidine rings is 1. The second-order valence-corrected chi connectivity index (χ2v) is 7.63. The number of nitrogens with one attached hydrogen (secondary N) is 1. The van der Waals surface area contributed by atoms with E-state index < -0.39 is 0 Å². The van der Waals surface area contributed by atoms with Crippen molar-refractivity contribution in [3.63, 3.8) is 0 Å². The molecule has 6 heteroatoms. The van der Waals surface area contributed by atoms with Crippen LogP contribution in [0, 0.1) is 0 Å². The summed E-state index contributed by atoms with van der Waals surface area (Å²) in [6.45, 7) is 3.05. The predicted octanol–water partition coefficient (Wildman–Crippen LogP) is 2.19. The summed E-state index contributed by atoms with van der Waals surface area (Å²) in [7, 11) is 1.93. The van der Waals surface area contributed by atoms with Crippen LogP contribution < -0.4 is 5.32 Å². The van der Waals surface area contributed by atoms with E-state index in [-0.39, 0.29) is 6.03 Å². The number of amides is 2. The van der Waals surface area contributed by atoms with Crippen molar-refractivity contribution in [1.82, 2.24) is 20.1 Å². The van der Waals surface area contributed by atoms with E-state index in [0.717, 1.165) is 44.6 Å². The van der Waals surface area contributed by atoms with E-state index in [1.807, 2.05) is 36.1 Å². The molecule has 0 bridgehead atoms. The second-order valence-electron chi connectivity index (χ2n) is 6.48. The number of thioether (sulfide) groups is 1. The molecule has 0 radical (unpaired) electrons. The fraction of sp³-hybridized carbons (Fsp3) is 0.647. The van der Waals surface area contributed by atoms with Gasteiger partial charge in [-0.25, -0.2) is 4.79 Å². The first kappa shape index (κ1) is 16.6. The molecule has 1 N–H and O–H groups in total. The summed E-state index contributed by atoms with van der Waals surface area (Å²) >= 11 is 1.94. The van der Waals surface area contributed by atoms with E-state index in [9.17, 15) is 4.79 Å². The van der Waals surface area contributed by atoms with Gasteiger partial charge in [-0.2, -0.15) is 11.8 Å². The third kappa shape index (κ3) is 4.61. The average Bonchev–Trinajstić information content (AvgIpc) is 3.11. The number of urea groups is 1. The van der Waals surface area contributed by atoms with Gasteiger partial charge in [0.1, 0.15) is 0 Å². The molecule has 0 unspecified atom stereocenters. The van der Waals surface area contributed by atoms with Crippen molar-refractivity contribution in [2.24, 2.45) is 0 Å². The van der Waals surface area contributed by atoms with Crippen LogP contribution in [0.25, 0.3) is 0 Å². The van der Waals surface area contributed by atoms with Crippen molar-refractivity contribution in [2.75, 3.05) is 31.6 Å². The summed E-state index contributed by atoms with van der Waals surface area (Å²) in [6, 6.07) is 4.97. The maximum atomic E-state index is 12.4. The zero-order valence-electron chi connectivity index (χ0n) is 13.8. The number of hydrogen-bond donors (Lipinski definition) is 1. The Balaban J connectivity index is 1.41. The molecule has 2 aliphatic heterocycles. The molecule has 1 aromatic rings. The fourth-order valence-electron chi connectivity index (χ4n) is 3.25. The van der Waals surface area contributed by atoms with Crippen molar-refractivity contribution in [2.45, 2.75) is 37.9 Å². The number of likely N-dealkylation sites (tertiary alicyclic amines) is 1. The average molecular weight is 334 g/mol. The molecule has 0 spiro atoms. The van der Waals surface area contributed by atoms with Gasteiger partial charge in [-0.15, -0.1) is 0 Å². The van der Waals surface area contributed by atoms with Gasteiger partial charge < -0.3 is 10.2 Å². The minimum atomic E-state index is 0.102. The van der Waals surface area contributed by atoms with E-state index in [4.69, 9.17) is 0 Å². The molecule has 2 amide bonds. The highest BCUT2D eigenvalue weighted by molar-refractivity contribution is 7.99. The fourth-order valence-corrected chi connectivity index (χ4v) is 4.52. The molecule has 0 saturated carbocycles. The first-order chi connectivity index (χ1) is 11.2. The summed E-state index contributed by atoms with van der Waals surface area (Å²) in [5.41, 5.74) is 1.31. The smallest absolute Gasteiger partial charge is 0.317 e. The second kappa shape index (κ2) is 8.02. The van der Waals surface area contributed by atoms with E-state index in [0.29, 0.717) is 12.1 Å². The predicted molar refractivity (Wildman–Crippen MR) is 94.6 cm³/mol. The molecule has 23 heavy (non-hydrogen) atoms. The van der Waals surface area contributed by atoms with Crippen LogP contribution in [-0.2, 0) is 6.54 Å². The number of aromatic nitrogens is 1. The lowest BCUT2D eigenvalue weighted by atomic mass is 10.0. The van der Waals surface area contributed by atoms with Gasteiger partial charge in [0.15, 0.2) is 0 Å². The molecule has 3 rings (SSSR count). The third-order valence-electron chi connectivity index (χ3n) is 4.84. The van der Waals surface area contributed by atoms with Gasteiger partial charge in [0, 0.05) is 56.9 Å². The summed E-state index contributed by atoms with van der Waals surface area (Å²) < 4.78 is 0.